The second-order valence-electron chi connectivity index (χ2n) is 7.50. The molecule has 0 bridgehead atoms. The van der Waals surface area contributed by atoms with Gasteiger partial charge in [-0.25, -0.2) is 14.8 Å². The van der Waals surface area contributed by atoms with Crippen LogP contribution in [0, 0.1) is 0 Å². The molecule has 0 aliphatic carbocycles. The van der Waals surface area contributed by atoms with Crippen LogP contribution in [0.25, 0.3) is 11.3 Å². The molecule has 1 fully saturated rings. The van der Waals surface area contributed by atoms with Crippen LogP contribution in [0.4, 0.5) is 29.6 Å². The van der Waals surface area contributed by atoms with Crippen LogP contribution < -0.4 is 20.9 Å². The highest BCUT2D eigenvalue weighted by Gasteiger charge is 2.34. The smallest absolute Gasteiger partial charge is 0.351 e. The van der Waals surface area contributed by atoms with Gasteiger partial charge in [-0.1, -0.05) is 6.92 Å². The van der Waals surface area contributed by atoms with Crippen LogP contribution in [-0.2, 0) is 6.18 Å². The van der Waals surface area contributed by atoms with Crippen molar-refractivity contribution in [1.82, 2.24) is 20.6 Å². The number of amides is 2. The van der Waals surface area contributed by atoms with E-state index in [4.69, 9.17) is 0 Å². The molecule has 4 rings (SSSR count). The number of carbonyl (C=O) groups is 1. The number of nitrogens with one attached hydrogen (secondary N) is 3. The summed E-state index contributed by atoms with van der Waals surface area (Å²) in [6.45, 7) is 5.73. The van der Waals surface area contributed by atoms with E-state index >= 15 is 0 Å². The third-order valence-electron chi connectivity index (χ3n) is 5.53. The van der Waals surface area contributed by atoms with Gasteiger partial charge in [0.05, 0.1) is 17.3 Å². The monoisotopic (exact) mass is 420 g/mol. The van der Waals surface area contributed by atoms with E-state index in [-0.39, 0.29) is 11.7 Å². The van der Waals surface area contributed by atoms with Gasteiger partial charge in [-0.15, -0.1) is 0 Å². The Morgan fingerprint density at radius 3 is 2.83 bits per heavy atom. The number of nitrogens with zero attached hydrogens (tertiary/aromatic N) is 3. The first-order chi connectivity index (χ1) is 14.3. The number of fused-ring (bicyclic) bond motifs is 1. The average molecular weight is 420 g/mol. The predicted molar refractivity (Wildman–Crippen MR) is 107 cm³/mol. The van der Waals surface area contributed by atoms with Crippen LogP contribution in [0.2, 0.25) is 0 Å². The molecule has 2 aromatic rings. The van der Waals surface area contributed by atoms with Crippen LogP contribution >= 0.6 is 0 Å². The minimum absolute atomic E-state index is 0.0637. The van der Waals surface area contributed by atoms with Gasteiger partial charge >= 0.3 is 12.2 Å². The summed E-state index contributed by atoms with van der Waals surface area (Å²) in [4.78, 5) is 22.5. The van der Waals surface area contributed by atoms with Crippen molar-refractivity contribution in [2.75, 3.05) is 29.9 Å². The van der Waals surface area contributed by atoms with Crippen LogP contribution in [0.5, 0.6) is 0 Å². The number of halogens is 3. The summed E-state index contributed by atoms with van der Waals surface area (Å²) in [6.07, 6.45) is -2.25. The fourth-order valence-corrected chi connectivity index (χ4v) is 4.04. The van der Waals surface area contributed by atoms with Crippen molar-refractivity contribution >= 4 is 17.7 Å². The van der Waals surface area contributed by atoms with Crippen molar-refractivity contribution < 1.29 is 18.0 Å². The Balaban J connectivity index is 1.87. The Kier molecular flexibility index (Phi) is 5.27. The molecule has 10 heteroatoms. The second kappa shape index (κ2) is 7.75. The maximum absolute atomic E-state index is 13.7. The maximum Gasteiger partial charge on any atom is 0.416 e. The third kappa shape index (κ3) is 3.79. The third-order valence-corrected chi connectivity index (χ3v) is 5.53. The maximum atomic E-state index is 13.7. The lowest BCUT2D eigenvalue weighted by Crippen LogP contribution is -2.51. The van der Waals surface area contributed by atoms with E-state index in [1.54, 1.807) is 13.0 Å². The zero-order valence-electron chi connectivity index (χ0n) is 16.7. The molecular formula is C20H23F3N6O. The van der Waals surface area contributed by atoms with E-state index in [1.165, 1.54) is 6.20 Å². The number of carbonyl (C=O) groups excluding carboxylic acids is 1. The first-order valence-corrected chi connectivity index (χ1v) is 9.91. The fourth-order valence-electron chi connectivity index (χ4n) is 4.04. The second-order valence-corrected chi connectivity index (χ2v) is 7.50. The van der Waals surface area contributed by atoms with Crippen LogP contribution in [0.3, 0.4) is 0 Å². The molecule has 2 aromatic heterocycles. The molecule has 0 aromatic carbocycles. The summed E-state index contributed by atoms with van der Waals surface area (Å²) in [5, 5.41) is 8.61. The van der Waals surface area contributed by atoms with Gasteiger partial charge in [0.1, 0.15) is 11.6 Å². The van der Waals surface area contributed by atoms with E-state index in [0.717, 1.165) is 18.6 Å². The average Bonchev–Trinajstić information content (AvgIpc) is 2.72. The number of hydrogen-bond donors (Lipinski definition) is 3. The molecule has 2 aliphatic rings. The van der Waals surface area contributed by atoms with Gasteiger partial charge in [-0.3, -0.25) is 5.32 Å². The van der Waals surface area contributed by atoms with Gasteiger partial charge in [0, 0.05) is 43.0 Å². The number of urea groups is 1. The molecule has 1 saturated heterocycles. The summed E-state index contributed by atoms with van der Waals surface area (Å²) < 4.78 is 41.2. The Hall–Kier alpha value is -2.88. The predicted octanol–water partition coefficient (Wildman–Crippen LogP) is 3.55. The number of hydrogen-bond acceptors (Lipinski definition) is 5. The summed E-state index contributed by atoms with van der Waals surface area (Å²) >= 11 is 0. The molecule has 0 saturated carbocycles. The standard InChI is InChI=1S/C20H23F3N6O/c1-3-13-10-24-6-7-29(13)16-9-12(20(21,22)23)8-15(27-16)14-4-5-25-18-17(14)11(2)26-19(30)28-18/h4-5,8-9,11,13,24H,3,6-7,10H2,1-2H3,(H2,25,26,28,30)/t11-,13-/m1/s1. The van der Waals surface area contributed by atoms with Crippen molar-refractivity contribution in [2.24, 2.45) is 0 Å². The first-order valence-electron chi connectivity index (χ1n) is 9.91. The summed E-state index contributed by atoms with van der Waals surface area (Å²) in [6, 6.07) is 3.06. The Morgan fingerprint density at radius 1 is 1.30 bits per heavy atom. The number of pyridine rings is 2. The number of piperazine rings is 1. The number of alkyl halides is 3. The summed E-state index contributed by atoms with van der Waals surface area (Å²) in [5.41, 5.74) is 0.580. The highest BCUT2D eigenvalue weighted by molar-refractivity contribution is 5.93. The highest BCUT2D eigenvalue weighted by Crippen LogP contribution is 2.38. The first kappa shape index (κ1) is 20.4. The molecule has 160 valence electrons. The fraction of sp³-hybridized carbons (Fsp3) is 0.450. The van der Waals surface area contributed by atoms with Gasteiger partial charge in [0.15, 0.2) is 0 Å². The van der Waals surface area contributed by atoms with E-state index in [0.29, 0.717) is 42.4 Å². The quantitative estimate of drug-likeness (QED) is 0.708. The van der Waals surface area contributed by atoms with Gasteiger partial charge in [0.2, 0.25) is 0 Å². The molecule has 2 atom stereocenters. The summed E-state index contributed by atoms with van der Waals surface area (Å²) in [7, 11) is 0. The van der Waals surface area contributed by atoms with Crippen LogP contribution in [-0.4, -0.2) is 41.7 Å². The van der Waals surface area contributed by atoms with Crippen molar-refractivity contribution in [1.29, 1.82) is 0 Å². The molecule has 4 heterocycles. The Bertz CT molecular complexity index is 964. The van der Waals surface area contributed by atoms with Crippen molar-refractivity contribution in [3.63, 3.8) is 0 Å². The normalized spacial score (nSPS) is 21.6. The molecule has 30 heavy (non-hydrogen) atoms. The highest BCUT2D eigenvalue weighted by atomic mass is 19.4. The minimum atomic E-state index is -4.51. The Labute approximate surface area is 172 Å². The summed E-state index contributed by atoms with van der Waals surface area (Å²) in [5.74, 6) is 0.636. The van der Waals surface area contributed by atoms with Gasteiger partial charge in [0.25, 0.3) is 0 Å². The minimum Gasteiger partial charge on any atom is -0.351 e. The van der Waals surface area contributed by atoms with Crippen LogP contribution in [0.15, 0.2) is 24.4 Å². The lowest BCUT2D eigenvalue weighted by molar-refractivity contribution is -0.137. The molecule has 0 spiro atoms. The zero-order chi connectivity index (χ0) is 21.5. The number of rotatable bonds is 3. The van der Waals surface area contributed by atoms with Crippen molar-refractivity contribution in [2.45, 2.75) is 38.5 Å². The van der Waals surface area contributed by atoms with Gasteiger partial charge in [-0.05, 0) is 31.5 Å². The molecule has 0 radical (unpaired) electrons. The largest absolute Gasteiger partial charge is 0.416 e. The van der Waals surface area contributed by atoms with E-state index in [9.17, 15) is 18.0 Å². The molecular weight excluding hydrogens is 397 g/mol. The number of anilines is 2. The molecule has 0 unspecified atom stereocenters. The molecule has 7 nitrogen and oxygen atoms in total. The molecule has 2 aliphatic heterocycles. The van der Waals surface area contributed by atoms with Crippen molar-refractivity contribution in [3.8, 4) is 11.3 Å². The Morgan fingerprint density at radius 2 is 2.10 bits per heavy atom. The topological polar surface area (TPSA) is 82.2 Å². The van der Waals surface area contributed by atoms with E-state index in [2.05, 4.69) is 25.9 Å². The van der Waals surface area contributed by atoms with Crippen LogP contribution in [0.1, 0.15) is 37.4 Å². The van der Waals surface area contributed by atoms with Gasteiger partial charge in [-0.2, -0.15) is 13.2 Å². The SMILES string of the molecule is CC[C@@H]1CNCCN1c1cc(C(F)(F)F)cc(-c2ccnc3c2[C@@H](C)NC(=O)N3)n1. The van der Waals surface area contributed by atoms with Crippen molar-refractivity contribution in [3.05, 3.63) is 35.5 Å². The van der Waals surface area contributed by atoms with E-state index in [1.807, 2.05) is 11.8 Å². The van der Waals surface area contributed by atoms with Gasteiger partial charge < -0.3 is 15.5 Å². The van der Waals surface area contributed by atoms with E-state index < -0.39 is 23.8 Å². The zero-order valence-corrected chi connectivity index (χ0v) is 16.7. The lowest BCUT2D eigenvalue weighted by Gasteiger charge is -2.37. The number of aromatic nitrogens is 2. The molecule has 3 N–H and O–H groups in total. The molecule has 2 amide bonds. The lowest BCUT2D eigenvalue weighted by atomic mass is 9.97.